The molecule has 7 nitrogen and oxygen atoms in total. The Morgan fingerprint density at radius 2 is 1.72 bits per heavy atom. The molecule has 0 spiro atoms. The van der Waals surface area contributed by atoms with Crippen LogP contribution in [0.25, 0.3) is 0 Å². The van der Waals surface area contributed by atoms with Gasteiger partial charge in [-0.3, -0.25) is 0 Å². The molecule has 0 aliphatic heterocycles. The van der Waals surface area contributed by atoms with Gasteiger partial charge in [0.05, 0.1) is 37.8 Å². The molecule has 1 aromatic heterocycles. The number of nitrogens with zero attached hydrogens (tertiary/aromatic N) is 3. The zero-order chi connectivity index (χ0) is 27.4. The minimum atomic E-state index is -3.70. The summed E-state index contributed by atoms with van der Waals surface area (Å²) in [6.07, 6.45) is 3.75. The number of anilines is 1. The zero-order valence-electron chi connectivity index (χ0n) is 22.1. The number of methoxy groups -OCH3 is 1. The minimum absolute atomic E-state index is 0.0757. The molecule has 5 rings (SSSR count). The lowest BCUT2D eigenvalue weighted by atomic mass is 10.2. The summed E-state index contributed by atoms with van der Waals surface area (Å²) in [7, 11) is -2.06. The number of hydrogen-bond acceptors (Lipinski definition) is 5. The molecular weight excluding hydrogens is 528 g/mol. The molecule has 1 N–H and O–H groups in total. The lowest BCUT2D eigenvalue weighted by Gasteiger charge is -2.26. The average molecular weight is 561 g/mol. The second-order valence-electron chi connectivity index (χ2n) is 9.87. The number of rotatable bonds is 10. The predicted molar refractivity (Wildman–Crippen MR) is 158 cm³/mol. The van der Waals surface area contributed by atoms with Gasteiger partial charge in [0.25, 0.3) is 0 Å². The summed E-state index contributed by atoms with van der Waals surface area (Å²) in [5.41, 5.74) is 4.49. The predicted octanol–water partition coefficient (Wildman–Crippen LogP) is 5.58. The van der Waals surface area contributed by atoms with Crippen LogP contribution < -0.4 is 10.1 Å². The Balaban J connectivity index is 1.43. The number of nitrogens with one attached hydrogen (secondary N) is 1. The molecule has 9 heteroatoms. The molecule has 0 radical (unpaired) electrons. The van der Waals surface area contributed by atoms with Gasteiger partial charge >= 0.3 is 0 Å². The number of aromatic nitrogens is 2. The summed E-state index contributed by atoms with van der Waals surface area (Å²) < 4.78 is 34.3. The zero-order valence-corrected chi connectivity index (χ0v) is 23.7. The monoisotopic (exact) mass is 560 g/mol. The summed E-state index contributed by atoms with van der Waals surface area (Å²) in [5.74, 6) is 0.664. The van der Waals surface area contributed by atoms with Crippen molar-refractivity contribution in [2.24, 2.45) is 0 Å². The molecule has 39 heavy (non-hydrogen) atoms. The van der Waals surface area contributed by atoms with Gasteiger partial charge in [0.1, 0.15) is 5.75 Å². The van der Waals surface area contributed by atoms with Crippen LogP contribution in [0.1, 0.15) is 35.2 Å². The van der Waals surface area contributed by atoms with Crippen molar-refractivity contribution >= 4 is 32.9 Å². The van der Waals surface area contributed by atoms with Gasteiger partial charge < -0.3 is 19.5 Å². The van der Waals surface area contributed by atoms with E-state index in [4.69, 9.17) is 17.0 Å². The number of ether oxygens (including phenoxy) is 1. The van der Waals surface area contributed by atoms with Crippen LogP contribution in [-0.4, -0.2) is 41.1 Å². The molecule has 1 saturated carbocycles. The summed E-state index contributed by atoms with van der Waals surface area (Å²) in [6, 6.07) is 25.3. The molecule has 0 unspecified atom stereocenters. The van der Waals surface area contributed by atoms with Gasteiger partial charge in [-0.2, -0.15) is 0 Å². The fourth-order valence-electron chi connectivity index (χ4n) is 4.47. The minimum Gasteiger partial charge on any atom is -0.497 e. The number of benzene rings is 3. The number of imidazole rings is 1. The lowest BCUT2D eigenvalue weighted by molar-refractivity contribution is 0.393. The second-order valence-corrected chi connectivity index (χ2v) is 12.1. The highest BCUT2D eigenvalue weighted by molar-refractivity contribution is 7.90. The van der Waals surface area contributed by atoms with Crippen molar-refractivity contribution in [2.75, 3.05) is 12.4 Å². The van der Waals surface area contributed by atoms with Gasteiger partial charge in [-0.25, -0.2) is 13.4 Å². The standard InChI is InChI=1S/C30H32N4O3S2/c1-22-8-10-24(11-9-22)21-39(35,36)30-31-18-27(34(30)19-23-6-4-3-5-7-23)20-33(26-14-15-26)29(38)32-25-12-16-28(37-2)17-13-25/h3-13,16-18,26H,14-15,19-21H2,1-2H3,(H,32,38). The van der Waals surface area contributed by atoms with Crippen molar-refractivity contribution in [1.29, 1.82) is 0 Å². The fourth-order valence-corrected chi connectivity index (χ4v) is 6.29. The third-order valence-corrected chi connectivity index (χ3v) is 8.69. The summed E-state index contributed by atoms with van der Waals surface area (Å²) in [5, 5.41) is 4.00. The SMILES string of the molecule is COc1ccc(NC(=S)N(Cc2cnc(S(=O)(=O)Cc3ccc(C)cc3)n2Cc2ccccc2)C2CC2)cc1. The number of aryl methyl sites for hydroxylation is 1. The molecule has 1 aliphatic carbocycles. The van der Waals surface area contributed by atoms with Gasteiger partial charge in [-0.05, 0) is 67.4 Å². The third kappa shape index (κ3) is 6.66. The van der Waals surface area contributed by atoms with Crippen LogP contribution in [-0.2, 0) is 28.7 Å². The van der Waals surface area contributed by atoms with Crippen molar-refractivity contribution in [3.63, 3.8) is 0 Å². The van der Waals surface area contributed by atoms with Crippen LogP contribution in [0.2, 0.25) is 0 Å². The molecular formula is C30H32N4O3S2. The van der Waals surface area contributed by atoms with E-state index in [1.807, 2.05) is 90.4 Å². The van der Waals surface area contributed by atoms with Gasteiger partial charge in [0, 0.05) is 11.7 Å². The van der Waals surface area contributed by atoms with Gasteiger partial charge in [0.2, 0.25) is 15.0 Å². The molecule has 1 aliphatic rings. The Morgan fingerprint density at radius 1 is 1.03 bits per heavy atom. The van der Waals surface area contributed by atoms with E-state index in [2.05, 4.69) is 15.2 Å². The Labute approximate surface area is 235 Å². The maximum atomic E-state index is 13.6. The first-order chi connectivity index (χ1) is 18.8. The van der Waals surface area contributed by atoms with Crippen molar-refractivity contribution in [1.82, 2.24) is 14.5 Å². The fraction of sp³-hybridized carbons (Fsp3) is 0.267. The highest BCUT2D eigenvalue weighted by atomic mass is 32.2. The first-order valence-corrected chi connectivity index (χ1v) is 15.0. The Kier molecular flexibility index (Phi) is 7.99. The van der Waals surface area contributed by atoms with Crippen molar-refractivity contribution < 1.29 is 13.2 Å². The molecule has 3 aromatic carbocycles. The first kappa shape index (κ1) is 26.9. The first-order valence-electron chi connectivity index (χ1n) is 12.9. The van der Waals surface area contributed by atoms with Crippen LogP contribution >= 0.6 is 12.2 Å². The molecule has 4 aromatic rings. The topological polar surface area (TPSA) is 76.5 Å². The summed E-state index contributed by atoms with van der Waals surface area (Å²) in [4.78, 5) is 6.60. The quantitative estimate of drug-likeness (QED) is 0.254. The van der Waals surface area contributed by atoms with Gasteiger partial charge in [-0.1, -0.05) is 60.2 Å². The van der Waals surface area contributed by atoms with Crippen molar-refractivity contribution in [3.8, 4) is 5.75 Å². The number of hydrogen-bond donors (Lipinski definition) is 1. The van der Waals surface area contributed by atoms with E-state index >= 15 is 0 Å². The summed E-state index contributed by atoms with van der Waals surface area (Å²) >= 11 is 5.82. The third-order valence-electron chi connectivity index (χ3n) is 6.76. The van der Waals surface area contributed by atoms with Crippen LogP contribution in [0.4, 0.5) is 5.69 Å². The molecule has 1 fully saturated rings. The van der Waals surface area contributed by atoms with E-state index < -0.39 is 9.84 Å². The summed E-state index contributed by atoms with van der Waals surface area (Å²) in [6.45, 7) is 2.83. The molecule has 1 heterocycles. The Morgan fingerprint density at radius 3 is 2.36 bits per heavy atom. The van der Waals surface area contributed by atoms with Crippen LogP contribution in [0.15, 0.2) is 90.2 Å². The van der Waals surface area contributed by atoms with E-state index in [1.54, 1.807) is 13.3 Å². The Bertz CT molecular complexity index is 1530. The molecule has 0 atom stereocenters. The van der Waals surface area contributed by atoms with E-state index in [0.29, 0.717) is 24.2 Å². The maximum Gasteiger partial charge on any atom is 0.228 e. The second kappa shape index (κ2) is 11.6. The smallest absolute Gasteiger partial charge is 0.228 e. The molecule has 0 saturated heterocycles. The lowest BCUT2D eigenvalue weighted by Crippen LogP contribution is -2.36. The van der Waals surface area contributed by atoms with Crippen LogP contribution in [0, 0.1) is 6.92 Å². The van der Waals surface area contributed by atoms with Crippen molar-refractivity contribution in [3.05, 3.63) is 107 Å². The van der Waals surface area contributed by atoms with Crippen LogP contribution in [0.3, 0.4) is 0 Å². The number of sulfone groups is 1. The normalized spacial score (nSPS) is 13.2. The average Bonchev–Trinajstić information content (AvgIpc) is 3.70. The van der Waals surface area contributed by atoms with E-state index in [9.17, 15) is 8.42 Å². The van der Waals surface area contributed by atoms with E-state index in [-0.39, 0.29) is 10.9 Å². The highest BCUT2D eigenvalue weighted by Gasteiger charge is 2.33. The molecule has 0 bridgehead atoms. The maximum absolute atomic E-state index is 13.6. The van der Waals surface area contributed by atoms with E-state index in [1.165, 1.54) is 0 Å². The van der Waals surface area contributed by atoms with Gasteiger partial charge in [-0.15, -0.1) is 0 Å². The largest absolute Gasteiger partial charge is 0.497 e. The van der Waals surface area contributed by atoms with E-state index in [0.717, 1.165) is 46.7 Å². The Hall–Kier alpha value is -3.69. The molecule has 0 amide bonds. The van der Waals surface area contributed by atoms with Crippen molar-refractivity contribution in [2.45, 2.75) is 49.8 Å². The van der Waals surface area contributed by atoms with Crippen LogP contribution in [0.5, 0.6) is 5.75 Å². The van der Waals surface area contributed by atoms with Gasteiger partial charge in [0.15, 0.2) is 5.11 Å². The highest BCUT2D eigenvalue weighted by Crippen LogP contribution is 2.30. The molecule has 202 valence electrons. The number of thiocarbonyl (C=S) groups is 1.